The van der Waals surface area contributed by atoms with Crippen molar-refractivity contribution >= 4 is 5.97 Å². The van der Waals surface area contributed by atoms with E-state index in [1.165, 1.54) is 11.1 Å². The van der Waals surface area contributed by atoms with Crippen LogP contribution in [0.25, 0.3) is 0 Å². The second-order valence-corrected chi connectivity index (χ2v) is 6.22. The zero-order valence-corrected chi connectivity index (χ0v) is 13.5. The minimum atomic E-state index is -1.15. The SMILES string of the molecule is Cc1ccc(C(C)C)c(OCCCCC(C)(N)C(=O)O)c1. The topological polar surface area (TPSA) is 72.5 Å². The van der Waals surface area contributed by atoms with Crippen molar-refractivity contribution < 1.29 is 14.6 Å². The number of hydrogen-bond donors (Lipinski definition) is 2. The minimum absolute atomic E-state index is 0.417. The molecular weight excluding hydrogens is 266 g/mol. The van der Waals surface area contributed by atoms with Crippen LogP contribution in [0.4, 0.5) is 0 Å². The summed E-state index contributed by atoms with van der Waals surface area (Å²) in [7, 11) is 0. The zero-order valence-electron chi connectivity index (χ0n) is 13.5. The van der Waals surface area contributed by atoms with Crippen LogP contribution < -0.4 is 10.5 Å². The number of hydrogen-bond acceptors (Lipinski definition) is 3. The lowest BCUT2D eigenvalue weighted by atomic mass is 9.96. The molecule has 0 aliphatic heterocycles. The summed E-state index contributed by atoms with van der Waals surface area (Å²) in [5.74, 6) is 0.392. The Balaban J connectivity index is 2.46. The van der Waals surface area contributed by atoms with Gasteiger partial charge in [0.1, 0.15) is 11.3 Å². The molecule has 21 heavy (non-hydrogen) atoms. The molecule has 0 radical (unpaired) electrons. The standard InChI is InChI=1S/C17H27NO3/c1-12(2)14-8-7-13(3)11-15(14)21-10-6-5-9-17(4,18)16(19)20/h7-8,11-12H,5-6,9-10,18H2,1-4H3,(H,19,20). The number of carbonyl (C=O) groups is 1. The van der Waals surface area contributed by atoms with Crippen LogP contribution in [0.3, 0.4) is 0 Å². The molecule has 0 saturated carbocycles. The molecule has 0 aromatic heterocycles. The highest BCUT2D eigenvalue weighted by atomic mass is 16.5. The first-order valence-corrected chi connectivity index (χ1v) is 7.49. The summed E-state index contributed by atoms with van der Waals surface area (Å²) in [4.78, 5) is 10.9. The highest BCUT2D eigenvalue weighted by Crippen LogP contribution is 2.27. The molecule has 1 aromatic rings. The molecule has 3 N–H and O–H groups in total. The van der Waals surface area contributed by atoms with E-state index < -0.39 is 11.5 Å². The smallest absolute Gasteiger partial charge is 0.323 e. The highest BCUT2D eigenvalue weighted by Gasteiger charge is 2.26. The maximum Gasteiger partial charge on any atom is 0.323 e. The van der Waals surface area contributed by atoms with Gasteiger partial charge in [0, 0.05) is 0 Å². The van der Waals surface area contributed by atoms with Crippen molar-refractivity contribution in [3.63, 3.8) is 0 Å². The Morgan fingerprint density at radius 3 is 2.62 bits per heavy atom. The number of rotatable bonds is 8. The van der Waals surface area contributed by atoms with Gasteiger partial charge >= 0.3 is 5.97 Å². The highest BCUT2D eigenvalue weighted by molar-refractivity contribution is 5.77. The van der Waals surface area contributed by atoms with Crippen molar-refractivity contribution in [2.24, 2.45) is 5.73 Å². The van der Waals surface area contributed by atoms with Gasteiger partial charge in [-0.05, 0) is 56.2 Å². The van der Waals surface area contributed by atoms with Crippen molar-refractivity contribution in [1.82, 2.24) is 0 Å². The first-order chi connectivity index (χ1) is 9.74. The van der Waals surface area contributed by atoms with E-state index in [1.807, 2.05) is 6.92 Å². The molecule has 4 nitrogen and oxygen atoms in total. The van der Waals surface area contributed by atoms with E-state index >= 15 is 0 Å². The van der Waals surface area contributed by atoms with Gasteiger partial charge in [0.15, 0.2) is 0 Å². The second kappa shape index (κ2) is 7.46. The van der Waals surface area contributed by atoms with Gasteiger partial charge in [0.2, 0.25) is 0 Å². The van der Waals surface area contributed by atoms with Crippen LogP contribution in [-0.2, 0) is 4.79 Å². The molecule has 0 heterocycles. The molecule has 0 aliphatic carbocycles. The van der Waals surface area contributed by atoms with E-state index in [-0.39, 0.29) is 0 Å². The first-order valence-electron chi connectivity index (χ1n) is 7.49. The number of aliphatic carboxylic acids is 1. The van der Waals surface area contributed by atoms with E-state index in [0.717, 1.165) is 18.6 Å². The number of benzene rings is 1. The van der Waals surface area contributed by atoms with Crippen LogP contribution in [0, 0.1) is 6.92 Å². The van der Waals surface area contributed by atoms with Gasteiger partial charge in [-0.1, -0.05) is 26.0 Å². The van der Waals surface area contributed by atoms with Crippen molar-refractivity contribution in [2.75, 3.05) is 6.61 Å². The van der Waals surface area contributed by atoms with Gasteiger partial charge in [0.05, 0.1) is 6.61 Å². The number of carboxylic acids is 1. The van der Waals surface area contributed by atoms with Gasteiger partial charge in [-0.25, -0.2) is 0 Å². The lowest BCUT2D eigenvalue weighted by Gasteiger charge is -2.19. The summed E-state index contributed by atoms with van der Waals surface area (Å²) in [6, 6.07) is 6.26. The minimum Gasteiger partial charge on any atom is -0.493 e. The van der Waals surface area contributed by atoms with Crippen LogP contribution in [0.5, 0.6) is 5.75 Å². The Kier molecular flexibility index (Phi) is 6.21. The van der Waals surface area contributed by atoms with Crippen molar-refractivity contribution in [1.29, 1.82) is 0 Å². The molecule has 0 saturated heterocycles. The molecule has 1 atom stereocenters. The Labute approximate surface area is 127 Å². The van der Waals surface area contributed by atoms with E-state index in [4.69, 9.17) is 15.6 Å². The summed E-state index contributed by atoms with van der Waals surface area (Å²) in [5, 5.41) is 8.95. The molecule has 0 aliphatic rings. The Hall–Kier alpha value is -1.55. The third-order valence-electron chi connectivity index (χ3n) is 3.63. The molecule has 118 valence electrons. The van der Waals surface area contributed by atoms with Crippen molar-refractivity contribution in [2.45, 2.75) is 58.4 Å². The van der Waals surface area contributed by atoms with E-state index in [0.29, 0.717) is 18.9 Å². The number of unbranched alkanes of at least 4 members (excludes halogenated alkanes) is 1. The quantitative estimate of drug-likeness (QED) is 0.720. The Morgan fingerprint density at radius 2 is 2.05 bits per heavy atom. The van der Waals surface area contributed by atoms with Gasteiger partial charge in [-0.15, -0.1) is 0 Å². The normalized spacial score (nSPS) is 14.0. The largest absolute Gasteiger partial charge is 0.493 e. The number of nitrogens with two attached hydrogens (primary N) is 1. The molecule has 1 aromatic carbocycles. The van der Waals surface area contributed by atoms with E-state index in [2.05, 4.69) is 32.0 Å². The van der Waals surface area contributed by atoms with Gasteiger partial charge < -0.3 is 15.6 Å². The average Bonchev–Trinajstić information content (AvgIpc) is 2.37. The van der Waals surface area contributed by atoms with E-state index in [9.17, 15) is 4.79 Å². The fourth-order valence-electron chi connectivity index (χ4n) is 2.13. The number of ether oxygens (including phenoxy) is 1. The Morgan fingerprint density at radius 1 is 1.38 bits per heavy atom. The number of aryl methyl sites for hydroxylation is 1. The molecule has 0 fully saturated rings. The summed E-state index contributed by atoms with van der Waals surface area (Å²) >= 11 is 0. The summed E-state index contributed by atoms with van der Waals surface area (Å²) in [5.41, 5.74) is 6.93. The lowest BCUT2D eigenvalue weighted by molar-refractivity contribution is -0.142. The summed E-state index contributed by atoms with van der Waals surface area (Å²) in [6.45, 7) is 8.46. The van der Waals surface area contributed by atoms with Crippen LogP contribution >= 0.6 is 0 Å². The Bertz CT molecular complexity index is 481. The maximum atomic E-state index is 10.9. The molecule has 1 rings (SSSR count). The molecule has 1 unspecified atom stereocenters. The fraction of sp³-hybridized carbons (Fsp3) is 0.588. The van der Waals surface area contributed by atoms with Crippen LogP contribution in [0.2, 0.25) is 0 Å². The van der Waals surface area contributed by atoms with Gasteiger partial charge in [-0.3, -0.25) is 4.79 Å². The predicted octanol–water partition coefficient (Wildman–Crippen LogP) is 3.47. The van der Waals surface area contributed by atoms with E-state index in [1.54, 1.807) is 6.92 Å². The monoisotopic (exact) mass is 293 g/mol. The number of carboxylic acid groups (broad SMARTS) is 1. The lowest BCUT2D eigenvalue weighted by Crippen LogP contribution is -2.44. The van der Waals surface area contributed by atoms with Crippen LogP contribution in [-0.4, -0.2) is 23.2 Å². The zero-order chi connectivity index (χ0) is 16.0. The van der Waals surface area contributed by atoms with Crippen LogP contribution in [0.1, 0.15) is 57.1 Å². The van der Waals surface area contributed by atoms with Crippen molar-refractivity contribution in [3.8, 4) is 5.75 Å². The second-order valence-electron chi connectivity index (χ2n) is 6.22. The summed E-state index contributed by atoms with van der Waals surface area (Å²) < 4.78 is 5.87. The first kappa shape index (κ1) is 17.5. The summed E-state index contributed by atoms with van der Waals surface area (Å²) in [6.07, 6.45) is 1.99. The molecule has 4 heteroatoms. The third-order valence-corrected chi connectivity index (χ3v) is 3.63. The van der Waals surface area contributed by atoms with Crippen LogP contribution in [0.15, 0.2) is 18.2 Å². The van der Waals surface area contributed by atoms with Gasteiger partial charge in [0.25, 0.3) is 0 Å². The van der Waals surface area contributed by atoms with Gasteiger partial charge in [-0.2, -0.15) is 0 Å². The van der Waals surface area contributed by atoms with Crippen molar-refractivity contribution in [3.05, 3.63) is 29.3 Å². The molecule has 0 spiro atoms. The molecule has 0 bridgehead atoms. The third kappa shape index (κ3) is 5.38. The predicted molar refractivity (Wildman–Crippen MR) is 84.8 cm³/mol. The fourth-order valence-corrected chi connectivity index (χ4v) is 2.13. The molecule has 0 amide bonds. The average molecular weight is 293 g/mol. The maximum absolute atomic E-state index is 10.9. The molecular formula is C17H27NO3.